The number of ether oxygens (including phenoxy) is 1. The lowest BCUT2D eigenvalue weighted by atomic mass is 10.2. The van der Waals surface area contributed by atoms with Crippen molar-refractivity contribution in [3.63, 3.8) is 0 Å². The summed E-state index contributed by atoms with van der Waals surface area (Å²) in [5.41, 5.74) is 7.36. The number of aliphatic hydroxyl groups excluding tert-OH is 1. The van der Waals surface area contributed by atoms with Crippen LogP contribution in [0.3, 0.4) is 0 Å². The Balaban J connectivity index is 2.63. The van der Waals surface area contributed by atoms with E-state index in [1.165, 1.54) is 0 Å². The van der Waals surface area contributed by atoms with Crippen LogP contribution in [0.15, 0.2) is 18.2 Å². The summed E-state index contributed by atoms with van der Waals surface area (Å²) in [6.07, 6.45) is 0. The van der Waals surface area contributed by atoms with Crippen molar-refractivity contribution in [2.24, 2.45) is 5.92 Å². The summed E-state index contributed by atoms with van der Waals surface area (Å²) in [7, 11) is 0. The Morgan fingerprint density at radius 1 is 1.50 bits per heavy atom. The molecular weight excluding hydrogens is 204 g/mol. The lowest BCUT2D eigenvalue weighted by molar-refractivity contribution is 0.244. The first-order valence-electron chi connectivity index (χ1n) is 5.54. The van der Waals surface area contributed by atoms with Crippen LogP contribution in [0.5, 0.6) is 5.75 Å². The Morgan fingerprint density at radius 3 is 2.88 bits per heavy atom. The van der Waals surface area contributed by atoms with Gasteiger partial charge in [-0.15, -0.1) is 0 Å². The number of rotatable bonds is 6. The van der Waals surface area contributed by atoms with Gasteiger partial charge in [0.2, 0.25) is 0 Å². The van der Waals surface area contributed by atoms with Crippen molar-refractivity contribution >= 4 is 11.4 Å². The first-order chi connectivity index (χ1) is 7.67. The zero-order valence-electron chi connectivity index (χ0n) is 9.86. The second-order valence-electron chi connectivity index (χ2n) is 3.85. The molecule has 1 aromatic carbocycles. The summed E-state index contributed by atoms with van der Waals surface area (Å²) in [6.45, 7) is 5.41. The third-order valence-electron chi connectivity index (χ3n) is 2.28. The molecule has 16 heavy (non-hydrogen) atoms. The molecule has 1 rings (SSSR count). The molecule has 0 bridgehead atoms. The largest absolute Gasteiger partial charge is 0.492 e. The second-order valence-corrected chi connectivity index (χ2v) is 3.85. The third-order valence-corrected chi connectivity index (χ3v) is 2.28. The minimum Gasteiger partial charge on any atom is -0.492 e. The van der Waals surface area contributed by atoms with Gasteiger partial charge >= 0.3 is 0 Å². The van der Waals surface area contributed by atoms with Crippen LogP contribution < -0.4 is 15.8 Å². The number of hydrogen-bond donors (Lipinski definition) is 3. The molecule has 0 aliphatic rings. The number of hydrogen-bond acceptors (Lipinski definition) is 4. The van der Waals surface area contributed by atoms with E-state index in [0.717, 1.165) is 12.2 Å². The van der Waals surface area contributed by atoms with Crippen LogP contribution in [0.1, 0.15) is 13.8 Å². The normalized spacial score (nSPS) is 12.2. The molecule has 90 valence electrons. The zero-order chi connectivity index (χ0) is 12.0. The van der Waals surface area contributed by atoms with Gasteiger partial charge in [0.05, 0.1) is 12.3 Å². The Labute approximate surface area is 96.4 Å². The van der Waals surface area contributed by atoms with Crippen LogP contribution in [0.25, 0.3) is 0 Å². The first-order valence-corrected chi connectivity index (χ1v) is 5.54. The van der Waals surface area contributed by atoms with Crippen LogP contribution in [-0.2, 0) is 0 Å². The Kier molecular flexibility index (Phi) is 4.92. The van der Waals surface area contributed by atoms with Gasteiger partial charge in [-0.05, 0) is 25.0 Å². The molecule has 1 atom stereocenters. The summed E-state index contributed by atoms with van der Waals surface area (Å²) in [5.74, 6) is 0.928. The summed E-state index contributed by atoms with van der Waals surface area (Å²) < 4.78 is 5.40. The SMILES string of the molecule is CCOc1cc(NCC(C)CO)ccc1N. The maximum Gasteiger partial charge on any atom is 0.144 e. The molecule has 4 heteroatoms. The predicted molar refractivity (Wildman–Crippen MR) is 66.8 cm³/mol. The molecular formula is C12H20N2O2. The highest BCUT2D eigenvalue weighted by atomic mass is 16.5. The molecule has 0 spiro atoms. The number of aliphatic hydroxyl groups is 1. The Morgan fingerprint density at radius 2 is 2.25 bits per heavy atom. The Hall–Kier alpha value is -1.42. The van der Waals surface area contributed by atoms with E-state index in [2.05, 4.69) is 5.32 Å². The molecule has 0 amide bonds. The van der Waals surface area contributed by atoms with E-state index < -0.39 is 0 Å². The standard InChI is InChI=1S/C12H20N2O2/c1-3-16-12-6-10(4-5-11(12)13)14-7-9(2)8-15/h4-6,9,14-15H,3,7-8,13H2,1-2H3. The molecule has 0 saturated heterocycles. The fourth-order valence-electron chi connectivity index (χ4n) is 1.28. The van der Waals surface area contributed by atoms with Gasteiger partial charge in [0.15, 0.2) is 0 Å². The van der Waals surface area contributed by atoms with Crippen LogP contribution in [0.4, 0.5) is 11.4 Å². The third kappa shape index (κ3) is 3.62. The lowest BCUT2D eigenvalue weighted by Crippen LogP contribution is -2.14. The number of anilines is 2. The molecule has 0 aromatic heterocycles. The molecule has 0 fully saturated rings. The van der Waals surface area contributed by atoms with Crippen LogP contribution in [-0.4, -0.2) is 24.9 Å². The fraction of sp³-hybridized carbons (Fsp3) is 0.500. The molecule has 0 aliphatic heterocycles. The number of nitrogens with one attached hydrogen (secondary N) is 1. The van der Waals surface area contributed by atoms with E-state index in [-0.39, 0.29) is 12.5 Å². The molecule has 0 aliphatic carbocycles. The molecule has 4 nitrogen and oxygen atoms in total. The highest BCUT2D eigenvalue weighted by Gasteiger charge is 2.03. The van der Waals surface area contributed by atoms with Gasteiger partial charge in [-0.2, -0.15) is 0 Å². The van der Waals surface area contributed by atoms with E-state index in [9.17, 15) is 0 Å². The summed E-state index contributed by atoms with van der Waals surface area (Å²) in [4.78, 5) is 0. The molecule has 0 saturated carbocycles. The van der Waals surface area contributed by atoms with Crippen molar-refractivity contribution in [1.29, 1.82) is 0 Å². The molecule has 1 unspecified atom stereocenters. The molecule has 4 N–H and O–H groups in total. The van der Waals surface area contributed by atoms with Gasteiger partial charge in [-0.25, -0.2) is 0 Å². The van der Waals surface area contributed by atoms with E-state index in [1.807, 2.05) is 32.0 Å². The predicted octanol–water partition coefficient (Wildman–Crippen LogP) is 1.71. The summed E-state index contributed by atoms with van der Waals surface area (Å²) in [5, 5.41) is 12.1. The van der Waals surface area contributed by atoms with Crippen molar-refractivity contribution in [2.45, 2.75) is 13.8 Å². The van der Waals surface area contributed by atoms with E-state index in [1.54, 1.807) is 0 Å². The highest BCUT2D eigenvalue weighted by molar-refractivity contribution is 5.61. The van der Waals surface area contributed by atoms with Gasteiger partial charge in [0, 0.05) is 24.9 Å². The minimum atomic E-state index is 0.181. The van der Waals surface area contributed by atoms with Crippen molar-refractivity contribution in [2.75, 3.05) is 30.8 Å². The molecule has 1 aromatic rings. The van der Waals surface area contributed by atoms with Crippen molar-refractivity contribution in [1.82, 2.24) is 0 Å². The summed E-state index contributed by atoms with van der Waals surface area (Å²) >= 11 is 0. The van der Waals surface area contributed by atoms with E-state index in [4.69, 9.17) is 15.6 Å². The fourth-order valence-corrected chi connectivity index (χ4v) is 1.28. The van der Waals surface area contributed by atoms with Crippen molar-refractivity contribution in [3.05, 3.63) is 18.2 Å². The summed E-state index contributed by atoms with van der Waals surface area (Å²) in [6, 6.07) is 5.60. The van der Waals surface area contributed by atoms with Crippen LogP contribution >= 0.6 is 0 Å². The van der Waals surface area contributed by atoms with Gasteiger partial charge in [-0.1, -0.05) is 6.92 Å². The highest BCUT2D eigenvalue weighted by Crippen LogP contribution is 2.25. The zero-order valence-corrected chi connectivity index (χ0v) is 9.86. The monoisotopic (exact) mass is 224 g/mol. The van der Waals surface area contributed by atoms with Gasteiger partial charge < -0.3 is 20.9 Å². The van der Waals surface area contributed by atoms with Crippen molar-refractivity contribution in [3.8, 4) is 5.75 Å². The quantitative estimate of drug-likeness (QED) is 0.643. The smallest absolute Gasteiger partial charge is 0.144 e. The van der Waals surface area contributed by atoms with Crippen molar-refractivity contribution < 1.29 is 9.84 Å². The van der Waals surface area contributed by atoms with Crippen LogP contribution in [0.2, 0.25) is 0 Å². The lowest BCUT2D eigenvalue weighted by Gasteiger charge is -2.13. The average molecular weight is 224 g/mol. The van der Waals surface area contributed by atoms with Gasteiger partial charge in [0.25, 0.3) is 0 Å². The number of benzene rings is 1. The van der Waals surface area contributed by atoms with Gasteiger partial charge in [0.1, 0.15) is 5.75 Å². The molecule has 0 heterocycles. The number of nitrogen functional groups attached to an aromatic ring is 1. The first kappa shape index (κ1) is 12.6. The minimum absolute atomic E-state index is 0.181. The second kappa shape index (κ2) is 6.23. The van der Waals surface area contributed by atoms with E-state index in [0.29, 0.717) is 18.0 Å². The number of nitrogens with two attached hydrogens (primary N) is 1. The van der Waals surface area contributed by atoms with Gasteiger partial charge in [-0.3, -0.25) is 0 Å². The average Bonchev–Trinajstić information content (AvgIpc) is 2.30. The maximum absolute atomic E-state index is 8.91. The Bertz CT molecular complexity index is 329. The molecule has 0 radical (unpaired) electrons. The maximum atomic E-state index is 8.91. The van der Waals surface area contributed by atoms with E-state index >= 15 is 0 Å². The van der Waals surface area contributed by atoms with Crippen LogP contribution in [0, 0.1) is 5.92 Å². The topological polar surface area (TPSA) is 67.5 Å².